The van der Waals surface area contributed by atoms with Crippen molar-refractivity contribution in [1.29, 1.82) is 0 Å². The highest BCUT2D eigenvalue weighted by atomic mass is 32.1. The standard InChI is InChI=1S/C19H19NO2S/c21-19(11-10-15-6-2-1-3-7-15)20-14-16(17-8-4-12-22-17)18-9-5-13-23-18/h1-9,12-13,16H,10-11,14H2,(H,20,21). The summed E-state index contributed by atoms with van der Waals surface area (Å²) in [5.74, 6) is 1.03. The summed E-state index contributed by atoms with van der Waals surface area (Å²) in [6.45, 7) is 0.557. The number of carbonyl (C=O) groups is 1. The summed E-state index contributed by atoms with van der Waals surface area (Å²) < 4.78 is 5.54. The normalized spacial score (nSPS) is 12.0. The second-order valence-corrected chi connectivity index (χ2v) is 6.35. The van der Waals surface area contributed by atoms with Crippen LogP contribution in [0.3, 0.4) is 0 Å². The predicted octanol–water partition coefficient (Wildman–Crippen LogP) is 4.22. The lowest BCUT2D eigenvalue weighted by molar-refractivity contribution is -0.121. The van der Waals surface area contributed by atoms with Crippen molar-refractivity contribution < 1.29 is 9.21 Å². The van der Waals surface area contributed by atoms with Crippen LogP contribution >= 0.6 is 11.3 Å². The first-order chi connectivity index (χ1) is 11.3. The van der Waals surface area contributed by atoms with Crippen LogP contribution in [0, 0.1) is 0 Å². The van der Waals surface area contributed by atoms with Gasteiger partial charge in [-0.1, -0.05) is 36.4 Å². The van der Waals surface area contributed by atoms with Crippen molar-refractivity contribution in [2.45, 2.75) is 18.8 Å². The van der Waals surface area contributed by atoms with Crippen molar-refractivity contribution in [3.05, 3.63) is 82.4 Å². The molecule has 0 saturated heterocycles. The predicted molar refractivity (Wildman–Crippen MR) is 92.6 cm³/mol. The fourth-order valence-electron chi connectivity index (χ4n) is 2.53. The van der Waals surface area contributed by atoms with Gasteiger partial charge in [-0.15, -0.1) is 11.3 Å². The van der Waals surface area contributed by atoms with E-state index in [1.165, 1.54) is 10.4 Å². The number of hydrogen-bond acceptors (Lipinski definition) is 3. The number of nitrogens with one attached hydrogen (secondary N) is 1. The molecule has 1 N–H and O–H groups in total. The summed E-state index contributed by atoms with van der Waals surface area (Å²) in [5, 5.41) is 5.08. The van der Waals surface area contributed by atoms with E-state index < -0.39 is 0 Å². The molecule has 1 amide bonds. The average Bonchev–Trinajstić information content (AvgIpc) is 3.28. The van der Waals surface area contributed by atoms with E-state index in [0.29, 0.717) is 13.0 Å². The monoisotopic (exact) mass is 325 g/mol. The molecule has 0 fully saturated rings. The van der Waals surface area contributed by atoms with Crippen molar-refractivity contribution in [3.8, 4) is 0 Å². The van der Waals surface area contributed by atoms with Gasteiger partial charge in [-0.3, -0.25) is 4.79 Å². The van der Waals surface area contributed by atoms with Gasteiger partial charge in [0.15, 0.2) is 0 Å². The maximum absolute atomic E-state index is 12.1. The van der Waals surface area contributed by atoms with Crippen LogP contribution in [0.25, 0.3) is 0 Å². The van der Waals surface area contributed by atoms with Crippen LogP contribution < -0.4 is 5.32 Å². The Kier molecular flexibility index (Phi) is 5.27. The Labute approximate surface area is 140 Å². The number of hydrogen-bond donors (Lipinski definition) is 1. The molecule has 2 aromatic heterocycles. The smallest absolute Gasteiger partial charge is 0.220 e. The Morgan fingerprint density at radius 2 is 1.96 bits per heavy atom. The van der Waals surface area contributed by atoms with E-state index in [2.05, 4.69) is 11.4 Å². The molecule has 0 aliphatic carbocycles. The lowest BCUT2D eigenvalue weighted by Gasteiger charge is -2.14. The SMILES string of the molecule is O=C(CCc1ccccc1)NCC(c1ccco1)c1cccs1. The third-order valence-electron chi connectivity index (χ3n) is 3.76. The summed E-state index contributed by atoms with van der Waals surface area (Å²) >= 11 is 1.68. The zero-order valence-electron chi connectivity index (χ0n) is 12.8. The van der Waals surface area contributed by atoms with Crippen LogP contribution in [0.2, 0.25) is 0 Å². The molecule has 0 aliphatic rings. The van der Waals surface area contributed by atoms with Crippen molar-refractivity contribution in [2.24, 2.45) is 0 Å². The average molecular weight is 325 g/mol. The third-order valence-corrected chi connectivity index (χ3v) is 4.75. The molecule has 23 heavy (non-hydrogen) atoms. The van der Waals surface area contributed by atoms with Gasteiger partial charge in [0, 0.05) is 17.8 Å². The minimum atomic E-state index is 0.0713. The van der Waals surface area contributed by atoms with Gasteiger partial charge >= 0.3 is 0 Å². The van der Waals surface area contributed by atoms with Gasteiger partial charge in [0.05, 0.1) is 12.2 Å². The Balaban J connectivity index is 1.55. The summed E-state index contributed by atoms with van der Waals surface area (Å²) in [5.41, 5.74) is 1.18. The van der Waals surface area contributed by atoms with Gasteiger partial charge in [0.1, 0.15) is 5.76 Å². The van der Waals surface area contributed by atoms with Gasteiger partial charge in [-0.2, -0.15) is 0 Å². The molecule has 118 valence electrons. The van der Waals surface area contributed by atoms with Crippen LogP contribution in [-0.2, 0) is 11.2 Å². The first-order valence-electron chi connectivity index (χ1n) is 7.70. The molecule has 1 unspecified atom stereocenters. The second-order valence-electron chi connectivity index (χ2n) is 5.37. The molecule has 3 rings (SSSR count). The van der Waals surface area contributed by atoms with Crippen molar-refractivity contribution in [1.82, 2.24) is 5.32 Å². The molecule has 0 spiro atoms. The number of rotatable bonds is 7. The van der Waals surface area contributed by atoms with Crippen LogP contribution in [0.1, 0.15) is 28.5 Å². The van der Waals surface area contributed by atoms with Gasteiger partial charge in [0.25, 0.3) is 0 Å². The van der Waals surface area contributed by atoms with Gasteiger partial charge < -0.3 is 9.73 Å². The minimum Gasteiger partial charge on any atom is -0.469 e. The maximum atomic E-state index is 12.1. The summed E-state index contributed by atoms with van der Waals surface area (Å²) in [6.07, 6.45) is 2.93. The number of furan rings is 1. The highest BCUT2D eigenvalue weighted by Gasteiger charge is 2.18. The van der Waals surface area contributed by atoms with E-state index in [-0.39, 0.29) is 11.8 Å². The van der Waals surface area contributed by atoms with Crippen LogP contribution in [0.5, 0.6) is 0 Å². The van der Waals surface area contributed by atoms with Crippen LogP contribution in [-0.4, -0.2) is 12.5 Å². The largest absolute Gasteiger partial charge is 0.469 e. The highest BCUT2D eigenvalue weighted by molar-refractivity contribution is 7.10. The highest BCUT2D eigenvalue weighted by Crippen LogP contribution is 2.28. The van der Waals surface area contributed by atoms with Crippen LogP contribution in [0.4, 0.5) is 0 Å². The van der Waals surface area contributed by atoms with Gasteiger partial charge in [-0.05, 0) is 35.6 Å². The number of carbonyl (C=O) groups excluding carboxylic acids is 1. The number of aryl methyl sites for hydroxylation is 1. The first kappa shape index (κ1) is 15.6. The van der Waals surface area contributed by atoms with E-state index in [4.69, 9.17) is 4.42 Å². The lowest BCUT2D eigenvalue weighted by atomic mass is 10.0. The minimum absolute atomic E-state index is 0.0713. The zero-order valence-corrected chi connectivity index (χ0v) is 13.6. The topological polar surface area (TPSA) is 42.2 Å². The van der Waals surface area contributed by atoms with E-state index in [1.54, 1.807) is 17.6 Å². The van der Waals surface area contributed by atoms with Crippen molar-refractivity contribution >= 4 is 17.2 Å². The van der Waals surface area contributed by atoms with E-state index >= 15 is 0 Å². The number of amides is 1. The summed E-state index contributed by atoms with van der Waals surface area (Å²) in [6, 6.07) is 18.0. The Morgan fingerprint density at radius 1 is 1.09 bits per heavy atom. The summed E-state index contributed by atoms with van der Waals surface area (Å²) in [7, 11) is 0. The molecule has 0 saturated carbocycles. The van der Waals surface area contributed by atoms with Crippen molar-refractivity contribution in [3.63, 3.8) is 0 Å². The maximum Gasteiger partial charge on any atom is 0.220 e. The quantitative estimate of drug-likeness (QED) is 0.706. The number of thiophene rings is 1. The molecule has 3 nitrogen and oxygen atoms in total. The molecule has 0 radical (unpaired) electrons. The molecule has 3 aromatic rings. The molecular formula is C19H19NO2S. The fraction of sp³-hybridized carbons (Fsp3) is 0.211. The molecular weight excluding hydrogens is 306 g/mol. The lowest BCUT2D eigenvalue weighted by Crippen LogP contribution is -2.28. The summed E-state index contributed by atoms with van der Waals surface area (Å²) in [4.78, 5) is 13.3. The van der Waals surface area contributed by atoms with Crippen molar-refractivity contribution in [2.75, 3.05) is 6.54 Å². The molecule has 0 aliphatic heterocycles. The molecule has 2 heterocycles. The Bertz CT molecular complexity index is 671. The fourth-order valence-corrected chi connectivity index (χ4v) is 3.36. The van der Waals surface area contributed by atoms with Gasteiger partial charge in [-0.25, -0.2) is 0 Å². The first-order valence-corrected chi connectivity index (χ1v) is 8.58. The molecule has 0 bridgehead atoms. The Hall–Kier alpha value is -2.33. The number of benzene rings is 1. The molecule has 1 atom stereocenters. The zero-order chi connectivity index (χ0) is 15.9. The second kappa shape index (κ2) is 7.79. The Morgan fingerprint density at radius 3 is 2.65 bits per heavy atom. The van der Waals surface area contributed by atoms with Crippen LogP contribution in [0.15, 0.2) is 70.7 Å². The third kappa shape index (κ3) is 4.33. The van der Waals surface area contributed by atoms with E-state index in [0.717, 1.165) is 12.2 Å². The molecule has 4 heteroatoms. The van der Waals surface area contributed by atoms with E-state index in [9.17, 15) is 4.79 Å². The van der Waals surface area contributed by atoms with E-state index in [1.807, 2.05) is 53.9 Å². The molecule has 1 aromatic carbocycles. The van der Waals surface area contributed by atoms with Gasteiger partial charge in [0.2, 0.25) is 5.91 Å².